The lowest BCUT2D eigenvalue weighted by atomic mass is 10.1. The Hall–Kier alpha value is -1.59. The zero-order valence-electron chi connectivity index (χ0n) is 15.1. The first-order valence-corrected chi connectivity index (χ1v) is 9.60. The maximum atomic E-state index is 12.2. The Balaban J connectivity index is 1.77. The van der Waals surface area contributed by atoms with Gasteiger partial charge in [-0.25, -0.2) is 0 Å². The number of nitrogens with one attached hydrogen (secondary N) is 1. The predicted octanol–water partition coefficient (Wildman–Crippen LogP) is 3.12. The van der Waals surface area contributed by atoms with Crippen LogP contribution in [0.2, 0.25) is 10.0 Å². The first kappa shape index (κ1) is 20.7. The molecule has 0 radical (unpaired) electrons. The highest BCUT2D eigenvalue weighted by atomic mass is 35.5. The molecule has 1 N–H and O–H groups in total. The van der Waals surface area contributed by atoms with E-state index < -0.39 is 17.6 Å². The Morgan fingerprint density at radius 3 is 2.65 bits per heavy atom. The highest BCUT2D eigenvalue weighted by Gasteiger charge is 2.42. The summed E-state index contributed by atoms with van der Waals surface area (Å²) in [6.45, 7) is 5.25. The molecule has 142 valence electrons. The molecule has 7 heteroatoms. The van der Waals surface area contributed by atoms with Crippen molar-refractivity contribution in [3.63, 3.8) is 0 Å². The van der Waals surface area contributed by atoms with Gasteiger partial charge in [0.05, 0.1) is 10.0 Å². The lowest BCUT2D eigenvalue weighted by Crippen LogP contribution is -2.36. The van der Waals surface area contributed by atoms with Gasteiger partial charge in [-0.15, -0.1) is 0 Å². The number of likely N-dealkylation sites (tertiary alicyclic amines) is 1. The predicted molar refractivity (Wildman–Crippen MR) is 102 cm³/mol. The van der Waals surface area contributed by atoms with Crippen molar-refractivity contribution in [2.24, 2.45) is 11.8 Å². The molecule has 2 amide bonds. The number of hydrogen-bond donors (Lipinski definition) is 1. The van der Waals surface area contributed by atoms with E-state index >= 15 is 0 Å². The van der Waals surface area contributed by atoms with Gasteiger partial charge in [-0.3, -0.25) is 14.4 Å². The van der Waals surface area contributed by atoms with Crippen LogP contribution in [0.4, 0.5) is 0 Å². The monoisotopic (exact) mass is 398 g/mol. The van der Waals surface area contributed by atoms with Gasteiger partial charge in [0.1, 0.15) is 5.92 Å². The minimum atomic E-state index is -0.889. The Bertz CT molecular complexity index is 691. The third-order valence-electron chi connectivity index (χ3n) is 4.44. The molecule has 0 aromatic heterocycles. The van der Waals surface area contributed by atoms with E-state index in [0.717, 1.165) is 18.4 Å². The normalized spacial score (nSPS) is 17.3. The molecule has 0 saturated carbocycles. The molecule has 26 heavy (non-hydrogen) atoms. The van der Waals surface area contributed by atoms with Crippen LogP contribution in [0.15, 0.2) is 18.2 Å². The minimum Gasteiger partial charge on any atom is -0.355 e. The van der Waals surface area contributed by atoms with E-state index in [9.17, 15) is 14.4 Å². The van der Waals surface area contributed by atoms with E-state index in [2.05, 4.69) is 19.2 Å². The number of ketones is 1. The summed E-state index contributed by atoms with van der Waals surface area (Å²) >= 11 is 11.9. The van der Waals surface area contributed by atoms with Crippen molar-refractivity contribution < 1.29 is 14.4 Å². The SMILES string of the molecule is CC(C)CCN1CC(C(=O)NCCCc2ccc(Cl)c(Cl)c2)C(=O)C1=O. The van der Waals surface area contributed by atoms with Gasteiger partial charge in [0.2, 0.25) is 11.7 Å². The molecule has 1 atom stereocenters. The van der Waals surface area contributed by atoms with E-state index in [1.807, 2.05) is 6.07 Å². The fraction of sp³-hybridized carbons (Fsp3) is 0.526. The van der Waals surface area contributed by atoms with Gasteiger partial charge in [-0.1, -0.05) is 43.1 Å². The lowest BCUT2D eigenvalue weighted by Gasteiger charge is -2.16. The van der Waals surface area contributed by atoms with Crippen LogP contribution >= 0.6 is 23.2 Å². The van der Waals surface area contributed by atoms with Gasteiger partial charge in [0, 0.05) is 19.6 Å². The Morgan fingerprint density at radius 2 is 2.00 bits per heavy atom. The van der Waals surface area contributed by atoms with E-state index in [-0.39, 0.29) is 12.5 Å². The molecule has 0 bridgehead atoms. The number of carbonyl (C=O) groups excluding carboxylic acids is 3. The molecular weight excluding hydrogens is 375 g/mol. The van der Waals surface area contributed by atoms with Crippen LogP contribution in [-0.4, -0.2) is 42.1 Å². The third kappa shape index (κ3) is 5.45. The van der Waals surface area contributed by atoms with Crippen LogP contribution < -0.4 is 5.32 Å². The fourth-order valence-corrected chi connectivity index (χ4v) is 3.14. The summed E-state index contributed by atoms with van der Waals surface area (Å²) in [6, 6.07) is 5.44. The summed E-state index contributed by atoms with van der Waals surface area (Å²) in [4.78, 5) is 37.8. The number of hydrogen-bond acceptors (Lipinski definition) is 3. The van der Waals surface area contributed by atoms with Crippen LogP contribution in [0.5, 0.6) is 0 Å². The Labute approximate surface area is 164 Å². The summed E-state index contributed by atoms with van der Waals surface area (Å²) in [7, 11) is 0. The molecule has 1 fully saturated rings. The van der Waals surface area contributed by atoms with Gasteiger partial charge in [-0.05, 0) is 42.9 Å². The molecule has 0 spiro atoms. The van der Waals surface area contributed by atoms with Crippen LogP contribution in [0.1, 0.15) is 32.3 Å². The molecule has 1 aliphatic heterocycles. The van der Waals surface area contributed by atoms with Gasteiger partial charge in [-0.2, -0.15) is 0 Å². The first-order valence-electron chi connectivity index (χ1n) is 8.84. The fourth-order valence-electron chi connectivity index (χ4n) is 2.82. The highest BCUT2D eigenvalue weighted by molar-refractivity contribution is 6.42. The summed E-state index contributed by atoms with van der Waals surface area (Å²) in [5.41, 5.74) is 1.03. The quantitative estimate of drug-likeness (QED) is 0.415. The Morgan fingerprint density at radius 1 is 1.27 bits per heavy atom. The van der Waals surface area contributed by atoms with Crippen molar-refractivity contribution in [1.29, 1.82) is 0 Å². The number of rotatable bonds is 8. The molecule has 1 aliphatic rings. The second-order valence-electron chi connectivity index (χ2n) is 6.99. The number of Topliss-reactive ketones (excluding diaryl/α,β-unsaturated/α-hetero) is 1. The maximum absolute atomic E-state index is 12.2. The van der Waals surface area contributed by atoms with Gasteiger partial charge in [0.25, 0.3) is 5.91 Å². The van der Waals surface area contributed by atoms with Crippen LogP contribution in [0.25, 0.3) is 0 Å². The van der Waals surface area contributed by atoms with Crippen LogP contribution in [0, 0.1) is 11.8 Å². The van der Waals surface area contributed by atoms with Gasteiger partial charge in [0.15, 0.2) is 0 Å². The van der Waals surface area contributed by atoms with Crippen molar-refractivity contribution >= 4 is 40.8 Å². The molecule has 1 unspecified atom stereocenters. The zero-order chi connectivity index (χ0) is 19.3. The van der Waals surface area contributed by atoms with Crippen molar-refractivity contribution in [3.05, 3.63) is 33.8 Å². The van der Waals surface area contributed by atoms with Crippen molar-refractivity contribution in [2.75, 3.05) is 19.6 Å². The van der Waals surface area contributed by atoms with E-state index in [1.165, 1.54) is 4.90 Å². The topological polar surface area (TPSA) is 66.5 Å². The Kier molecular flexibility index (Phi) is 7.47. The van der Waals surface area contributed by atoms with E-state index in [0.29, 0.717) is 35.5 Å². The molecule has 1 saturated heterocycles. The number of benzene rings is 1. The number of amides is 2. The number of halogens is 2. The highest BCUT2D eigenvalue weighted by Crippen LogP contribution is 2.23. The number of nitrogens with zero attached hydrogens (tertiary/aromatic N) is 1. The lowest BCUT2D eigenvalue weighted by molar-refractivity contribution is -0.142. The average Bonchev–Trinajstić information content (AvgIpc) is 2.88. The van der Waals surface area contributed by atoms with Crippen LogP contribution in [-0.2, 0) is 20.8 Å². The smallest absolute Gasteiger partial charge is 0.290 e. The largest absolute Gasteiger partial charge is 0.355 e. The zero-order valence-corrected chi connectivity index (χ0v) is 16.6. The maximum Gasteiger partial charge on any atom is 0.290 e. The summed E-state index contributed by atoms with van der Waals surface area (Å²) in [5.74, 6) is -1.96. The van der Waals surface area contributed by atoms with Crippen LogP contribution in [0.3, 0.4) is 0 Å². The molecule has 2 rings (SSSR count). The van der Waals surface area contributed by atoms with E-state index in [4.69, 9.17) is 23.2 Å². The summed E-state index contributed by atoms with van der Waals surface area (Å²) < 4.78 is 0. The first-order chi connectivity index (χ1) is 12.3. The molecule has 5 nitrogen and oxygen atoms in total. The minimum absolute atomic E-state index is 0.184. The van der Waals surface area contributed by atoms with Gasteiger partial charge >= 0.3 is 0 Å². The molecule has 1 aromatic carbocycles. The third-order valence-corrected chi connectivity index (χ3v) is 5.17. The summed E-state index contributed by atoms with van der Waals surface area (Å²) in [6.07, 6.45) is 2.25. The molecule has 1 aromatic rings. The van der Waals surface area contributed by atoms with Crippen molar-refractivity contribution in [1.82, 2.24) is 10.2 Å². The van der Waals surface area contributed by atoms with Gasteiger partial charge < -0.3 is 10.2 Å². The second-order valence-corrected chi connectivity index (χ2v) is 7.81. The van der Waals surface area contributed by atoms with Crippen molar-refractivity contribution in [2.45, 2.75) is 33.1 Å². The average molecular weight is 399 g/mol. The summed E-state index contributed by atoms with van der Waals surface area (Å²) in [5, 5.41) is 3.77. The molecular formula is C19H24Cl2N2O3. The number of aryl methyl sites for hydroxylation is 1. The molecule has 0 aliphatic carbocycles. The standard InChI is InChI=1S/C19H24Cl2N2O3/c1-12(2)7-9-23-11-14(17(24)19(23)26)18(25)22-8-3-4-13-5-6-15(20)16(21)10-13/h5-6,10,12,14H,3-4,7-9,11H2,1-2H3,(H,22,25). The second kappa shape index (κ2) is 9.38. The van der Waals surface area contributed by atoms with E-state index in [1.54, 1.807) is 12.1 Å². The van der Waals surface area contributed by atoms with Crippen molar-refractivity contribution in [3.8, 4) is 0 Å². The molecule has 1 heterocycles. The number of carbonyl (C=O) groups is 3.